The second-order valence-electron chi connectivity index (χ2n) is 5.89. The Kier molecular flexibility index (Phi) is 4.15. The van der Waals surface area contributed by atoms with Gasteiger partial charge >= 0.3 is 0 Å². The number of benzene rings is 1. The summed E-state index contributed by atoms with van der Waals surface area (Å²) in [5.74, 6) is 2.16. The Morgan fingerprint density at radius 2 is 2.13 bits per heavy atom. The molecule has 3 nitrogen and oxygen atoms in total. The van der Waals surface area contributed by atoms with Gasteiger partial charge < -0.3 is 4.74 Å². The maximum absolute atomic E-state index is 6.12. The van der Waals surface area contributed by atoms with Crippen LogP contribution in [0.15, 0.2) is 33.5 Å². The van der Waals surface area contributed by atoms with Gasteiger partial charge in [0.05, 0.1) is 9.86 Å². The molecule has 0 saturated heterocycles. The Morgan fingerprint density at radius 1 is 1.26 bits per heavy atom. The zero-order chi connectivity index (χ0) is 16.0. The molecule has 23 heavy (non-hydrogen) atoms. The molecule has 1 unspecified atom stereocenters. The van der Waals surface area contributed by atoms with Crippen LogP contribution < -0.4 is 4.74 Å². The smallest absolute Gasteiger partial charge is 0.231 e. The lowest BCUT2D eigenvalue weighted by Gasteiger charge is -2.18. The van der Waals surface area contributed by atoms with E-state index in [4.69, 9.17) is 4.74 Å². The summed E-state index contributed by atoms with van der Waals surface area (Å²) in [7, 11) is 0. The molecular weight excluding hydrogens is 440 g/mol. The molecule has 0 fully saturated rings. The van der Waals surface area contributed by atoms with Crippen LogP contribution in [0.5, 0.6) is 11.6 Å². The summed E-state index contributed by atoms with van der Waals surface area (Å²) in [6, 6.07) is 5.87. The van der Waals surface area contributed by atoms with Gasteiger partial charge in [0.25, 0.3) is 0 Å². The average molecular weight is 454 g/mol. The van der Waals surface area contributed by atoms with E-state index >= 15 is 0 Å². The molecule has 118 valence electrons. The fourth-order valence-electron chi connectivity index (χ4n) is 2.99. The van der Waals surface area contributed by atoms with Gasteiger partial charge in [-0.25, -0.2) is 9.97 Å². The number of hydrogen-bond donors (Lipinski definition) is 0. The molecule has 1 aliphatic carbocycles. The van der Waals surface area contributed by atoms with Crippen molar-refractivity contribution >= 4 is 53.4 Å². The van der Waals surface area contributed by atoms with Gasteiger partial charge in [-0.1, -0.05) is 22.9 Å². The van der Waals surface area contributed by atoms with Crippen molar-refractivity contribution in [3.05, 3.63) is 43.9 Å². The number of aryl methyl sites for hydroxylation is 1. The van der Waals surface area contributed by atoms with Crippen molar-refractivity contribution in [2.24, 2.45) is 5.92 Å². The molecule has 0 N–H and O–H groups in total. The lowest BCUT2D eigenvalue weighted by molar-refractivity contribution is 0.463. The van der Waals surface area contributed by atoms with Crippen LogP contribution >= 0.6 is 43.2 Å². The minimum absolute atomic E-state index is 0.657. The maximum atomic E-state index is 6.12. The summed E-state index contributed by atoms with van der Waals surface area (Å²) in [5.41, 5.74) is 1.38. The van der Waals surface area contributed by atoms with Gasteiger partial charge in [-0.3, -0.25) is 0 Å². The zero-order valence-corrected chi connectivity index (χ0v) is 16.5. The molecule has 4 rings (SSSR count). The Labute approximate surface area is 155 Å². The van der Waals surface area contributed by atoms with Gasteiger partial charge in [0, 0.05) is 9.35 Å². The standard InChI is InChI=1S/C17H14Br2N2OS/c1-9-2-4-11-14(6-9)23-17-15(11)16(20-8-21-17)22-13-5-3-10(18)7-12(13)19/h3,5,7-9H,2,4,6H2,1H3. The third-order valence-electron chi connectivity index (χ3n) is 4.16. The highest BCUT2D eigenvalue weighted by Crippen LogP contribution is 2.42. The monoisotopic (exact) mass is 452 g/mol. The van der Waals surface area contributed by atoms with Gasteiger partial charge in [0.1, 0.15) is 16.9 Å². The number of fused-ring (bicyclic) bond motifs is 3. The maximum Gasteiger partial charge on any atom is 0.231 e. The van der Waals surface area contributed by atoms with Crippen molar-refractivity contribution in [3.8, 4) is 11.6 Å². The minimum Gasteiger partial charge on any atom is -0.437 e. The Morgan fingerprint density at radius 3 is 2.96 bits per heavy atom. The zero-order valence-electron chi connectivity index (χ0n) is 12.5. The minimum atomic E-state index is 0.657. The van der Waals surface area contributed by atoms with Crippen molar-refractivity contribution < 1.29 is 4.74 Å². The molecule has 1 aliphatic rings. The summed E-state index contributed by atoms with van der Waals surface area (Å²) in [5, 5.41) is 1.09. The van der Waals surface area contributed by atoms with Crippen molar-refractivity contribution in [2.75, 3.05) is 0 Å². The average Bonchev–Trinajstić information content (AvgIpc) is 2.88. The van der Waals surface area contributed by atoms with Crippen molar-refractivity contribution in [1.82, 2.24) is 9.97 Å². The SMILES string of the molecule is CC1CCc2c(sc3ncnc(Oc4ccc(Br)cc4Br)c23)C1. The molecule has 0 amide bonds. The van der Waals surface area contributed by atoms with E-state index in [1.54, 1.807) is 17.7 Å². The molecular formula is C17H14Br2N2OS. The van der Waals surface area contributed by atoms with E-state index in [1.165, 1.54) is 16.9 Å². The summed E-state index contributed by atoms with van der Waals surface area (Å²) in [6.07, 6.45) is 5.03. The predicted octanol–water partition coefficient (Wildman–Crippen LogP) is 6.13. The number of ether oxygens (including phenoxy) is 1. The number of nitrogens with zero attached hydrogens (tertiary/aromatic N) is 2. The predicted molar refractivity (Wildman–Crippen MR) is 101 cm³/mol. The topological polar surface area (TPSA) is 35.0 Å². The lowest BCUT2D eigenvalue weighted by Crippen LogP contribution is -2.08. The van der Waals surface area contributed by atoms with E-state index in [-0.39, 0.29) is 0 Å². The van der Waals surface area contributed by atoms with E-state index in [0.29, 0.717) is 5.88 Å². The van der Waals surface area contributed by atoms with E-state index in [0.717, 1.165) is 43.7 Å². The van der Waals surface area contributed by atoms with Crippen LogP contribution in [0.2, 0.25) is 0 Å². The third-order valence-corrected chi connectivity index (χ3v) is 6.43. The van der Waals surface area contributed by atoms with Crippen LogP contribution in [-0.4, -0.2) is 9.97 Å². The number of aromatic nitrogens is 2. The second kappa shape index (κ2) is 6.15. The van der Waals surface area contributed by atoms with E-state index < -0.39 is 0 Å². The van der Waals surface area contributed by atoms with Crippen LogP contribution in [0.1, 0.15) is 23.8 Å². The molecule has 0 bridgehead atoms. The number of hydrogen-bond acceptors (Lipinski definition) is 4. The fraction of sp³-hybridized carbons (Fsp3) is 0.294. The second-order valence-corrected chi connectivity index (χ2v) is 8.74. The van der Waals surface area contributed by atoms with E-state index in [1.807, 2.05) is 18.2 Å². The molecule has 6 heteroatoms. The summed E-state index contributed by atoms with van der Waals surface area (Å²) >= 11 is 8.79. The first kappa shape index (κ1) is 15.5. The summed E-state index contributed by atoms with van der Waals surface area (Å²) in [6.45, 7) is 2.31. The Bertz CT molecular complexity index is 894. The fourth-order valence-corrected chi connectivity index (χ4v) is 5.45. The van der Waals surface area contributed by atoms with Crippen LogP contribution in [0, 0.1) is 5.92 Å². The van der Waals surface area contributed by atoms with Crippen LogP contribution in [0.3, 0.4) is 0 Å². The van der Waals surface area contributed by atoms with Crippen molar-refractivity contribution in [3.63, 3.8) is 0 Å². The first-order valence-corrected chi connectivity index (χ1v) is 9.90. The molecule has 0 spiro atoms. The van der Waals surface area contributed by atoms with E-state index in [2.05, 4.69) is 48.8 Å². The number of rotatable bonds is 2. The van der Waals surface area contributed by atoms with Crippen LogP contribution in [0.4, 0.5) is 0 Å². The van der Waals surface area contributed by atoms with Crippen LogP contribution in [-0.2, 0) is 12.8 Å². The largest absolute Gasteiger partial charge is 0.437 e. The lowest BCUT2D eigenvalue weighted by atomic mass is 9.89. The van der Waals surface area contributed by atoms with Crippen molar-refractivity contribution in [1.29, 1.82) is 0 Å². The number of halogens is 2. The van der Waals surface area contributed by atoms with Gasteiger partial charge in [-0.2, -0.15) is 0 Å². The summed E-state index contributed by atoms with van der Waals surface area (Å²) in [4.78, 5) is 11.3. The van der Waals surface area contributed by atoms with Gasteiger partial charge in [0.2, 0.25) is 5.88 Å². The highest BCUT2D eigenvalue weighted by atomic mass is 79.9. The Hall–Kier alpha value is -0.980. The molecule has 1 aromatic carbocycles. The molecule has 0 saturated carbocycles. The molecule has 0 aliphatic heterocycles. The van der Waals surface area contributed by atoms with E-state index in [9.17, 15) is 0 Å². The first-order valence-electron chi connectivity index (χ1n) is 7.50. The third kappa shape index (κ3) is 2.92. The van der Waals surface area contributed by atoms with Gasteiger partial charge in [0.15, 0.2) is 0 Å². The molecule has 2 heterocycles. The Balaban J connectivity index is 1.81. The van der Waals surface area contributed by atoms with Gasteiger partial charge in [-0.05, 0) is 64.9 Å². The molecule has 0 radical (unpaired) electrons. The number of thiophene rings is 1. The highest BCUT2D eigenvalue weighted by Gasteiger charge is 2.24. The van der Waals surface area contributed by atoms with Gasteiger partial charge in [-0.15, -0.1) is 11.3 Å². The highest BCUT2D eigenvalue weighted by molar-refractivity contribution is 9.11. The molecule has 3 aromatic rings. The van der Waals surface area contributed by atoms with Crippen LogP contribution in [0.25, 0.3) is 10.2 Å². The normalized spacial score (nSPS) is 17.3. The molecule has 1 atom stereocenters. The quantitative estimate of drug-likeness (QED) is 0.467. The summed E-state index contributed by atoms with van der Waals surface area (Å²) < 4.78 is 8.02. The van der Waals surface area contributed by atoms with Crippen molar-refractivity contribution in [2.45, 2.75) is 26.2 Å². The first-order chi connectivity index (χ1) is 11.1. The molecule has 2 aromatic heterocycles.